The van der Waals surface area contributed by atoms with Crippen LogP contribution in [0.3, 0.4) is 0 Å². The van der Waals surface area contributed by atoms with Crippen LogP contribution in [0.25, 0.3) is 10.9 Å². The highest BCUT2D eigenvalue weighted by atomic mass is 16.1. The molecule has 1 saturated heterocycles. The molecular weight excluding hydrogens is 490 g/mol. The van der Waals surface area contributed by atoms with Crippen LogP contribution in [-0.2, 0) is 0 Å². The first-order chi connectivity index (χ1) is 19.0. The monoisotopic (exact) mass is 519 g/mol. The zero-order valence-corrected chi connectivity index (χ0v) is 21.8. The van der Waals surface area contributed by atoms with Gasteiger partial charge in [-0.2, -0.15) is 5.26 Å². The van der Waals surface area contributed by atoms with Gasteiger partial charge in [-0.15, -0.1) is 0 Å². The van der Waals surface area contributed by atoms with Gasteiger partial charge in [0.15, 0.2) is 6.19 Å². The summed E-state index contributed by atoms with van der Waals surface area (Å²) in [5, 5.41) is 16.1. The van der Waals surface area contributed by atoms with Crippen LogP contribution in [0.1, 0.15) is 24.3 Å². The molecule has 39 heavy (non-hydrogen) atoms. The van der Waals surface area contributed by atoms with E-state index in [2.05, 4.69) is 55.4 Å². The van der Waals surface area contributed by atoms with Crippen LogP contribution in [0.2, 0.25) is 0 Å². The normalized spacial score (nSPS) is 15.7. The topological polar surface area (TPSA) is 122 Å². The van der Waals surface area contributed by atoms with Crippen LogP contribution in [-0.4, -0.2) is 57.4 Å². The third-order valence-corrected chi connectivity index (χ3v) is 6.70. The van der Waals surface area contributed by atoms with Crippen LogP contribution in [0, 0.1) is 17.4 Å². The van der Waals surface area contributed by atoms with Crippen LogP contribution in [0.15, 0.2) is 84.2 Å². The molecule has 3 heterocycles. The first kappa shape index (κ1) is 25.6. The number of aliphatic imine (C=N–C) groups is 1. The Morgan fingerprint density at radius 2 is 1.87 bits per heavy atom. The van der Waals surface area contributed by atoms with Crippen LogP contribution in [0.5, 0.6) is 0 Å². The van der Waals surface area contributed by atoms with E-state index in [1.54, 1.807) is 12.4 Å². The number of nitriles is 1. The Balaban J connectivity index is 1.34. The molecule has 1 fully saturated rings. The van der Waals surface area contributed by atoms with Gasteiger partial charge >= 0.3 is 0 Å². The predicted molar refractivity (Wildman–Crippen MR) is 152 cm³/mol. The second kappa shape index (κ2) is 11.6. The molecule has 196 valence electrons. The molecular formula is C29H29N9O. The second-order valence-electron chi connectivity index (χ2n) is 9.55. The molecule has 0 saturated carbocycles. The minimum absolute atomic E-state index is 0.0503. The van der Waals surface area contributed by atoms with E-state index in [0.717, 1.165) is 16.6 Å². The summed E-state index contributed by atoms with van der Waals surface area (Å²) < 4.78 is 0. The zero-order chi connectivity index (χ0) is 27.2. The Morgan fingerprint density at radius 1 is 1.03 bits per heavy atom. The highest BCUT2D eigenvalue weighted by Gasteiger charge is 2.32. The number of para-hydroxylation sites is 1. The Hall–Kier alpha value is -5.04. The largest absolute Gasteiger partial charge is 0.351 e. The van der Waals surface area contributed by atoms with Crippen LogP contribution in [0.4, 0.5) is 17.2 Å². The molecule has 10 nitrogen and oxygen atoms in total. The van der Waals surface area contributed by atoms with Crippen molar-refractivity contribution in [2.24, 2.45) is 10.9 Å². The van der Waals surface area contributed by atoms with Gasteiger partial charge in [0.1, 0.15) is 11.5 Å². The third kappa shape index (κ3) is 5.78. The van der Waals surface area contributed by atoms with Gasteiger partial charge < -0.3 is 15.1 Å². The molecule has 2 aromatic carbocycles. The van der Waals surface area contributed by atoms with Gasteiger partial charge in [-0.25, -0.2) is 15.0 Å². The predicted octanol–water partition coefficient (Wildman–Crippen LogP) is 4.18. The minimum Gasteiger partial charge on any atom is -0.351 e. The maximum Gasteiger partial charge on any atom is 0.275 e. The van der Waals surface area contributed by atoms with Crippen molar-refractivity contribution in [3.63, 3.8) is 0 Å². The number of hydrogen-bond donors (Lipinski definition) is 2. The van der Waals surface area contributed by atoms with Crippen LogP contribution >= 0.6 is 0 Å². The lowest BCUT2D eigenvalue weighted by Crippen LogP contribution is -2.59. The fraction of sp³-hybridized carbons (Fsp3) is 0.241. The number of carbonyl (C=O) groups excluding carboxylic acids is 1. The number of nitrogens with one attached hydrogen (secondary N) is 2. The average molecular weight is 520 g/mol. The van der Waals surface area contributed by atoms with Crippen molar-refractivity contribution < 1.29 is 4.79 Å². The van der Waals surface area contributed by atoms with Gasteiger partial charge in [0.2, 0.25) is 5.96 Å². The Kier molecular flexibility index (Phi) is 7.59. The Labute approximate surface area is 227 Å². The Morgan fingerprint density at radius 3 is 2.62 bits per heavy atom. The molecule has 0 radical (unpaired) electrons. The first-order valence-electron chi connectivity index (χ1n) is 12.8. The lowest BCUT2D eigenvalue weighted by Gasteiger charge is -2.44. The maximum absolute atomic E-state index is 12.6. The number of pyridine rings is 1. The van der Waals surface area contributed by atoms with Gasteiger partial charge in [-0.3, -0.25) is 15.1 Å². The van der Waals surface area contributed by atoms with Gasteiger partial charge in [0.05, 0.1) is 29.6 Å². The van der Waals surface area contributed by atoms with E-state index in [0.29, 0.717) is 37.1 Å². The Bertz CT molecular complexity index is 1510. The fourth-order valence-electron chi connectivity index (χ4n) is 4.68. The number of anilines is 2. The molecule has 1 amide bonds. The third-order valence-electron chi connectivity index (χ3n) is 6.70. The molecule has 1 atom stereocenters. The molecule has 2 N–H and O–H groups in total. The average Bonchev–Trinajstić information content (AvgIpc) is 2.97. The lowest BCUT2D eigenvalue weighted by atomic mass is 10.00. The summed E-state index contributed by atoms with van der Waals surface area (Å²) in [5.74, 6) is 1.16. The smallest absolute Gasteiger partial charge is 0.275 e. The van der Waals surface area contributed by atoms with E-state index in [4.69, 9.17) is 4.99 Å². The summed E-state index contributed by atoms with van der Waals surface area (Å²) in [5.41, 5.74) is 2.55. The number of carbonyl (C=O) groups is 1. The highest BCUT2D eigenvalue weighted by Crippen LogP contribution is 2.27. The van der Waals surface area contributed by atoms with Crippen molar-refractivity contribution >= 4 is 40.0 Å². The molecule has 0 unspecified atom stereocenters. The van der Waals surface area contributed by atoms with E-state index in [1.807, 2.05) is 60.7 Å². The number of fused-ring (bicyclic) bond motifs is 1. The van der Waals surface area contributed by atoms with Crippen molar-refractivity contribution in [3.05, 3.63) is 84.9 Å². The van der Waals surface area contributed by atoms with Crippen LogP contribution < -0.4 is 15.5 Å². The van der Waals surface area contributed by atoms with E-state index < -0.39 is 0 Å². The van der Waals surface area contributed by atoms with Crippen molar-refractivity contribution in [3.8, 4) is 6.19 Å². The van der Waals surface area contributed by atoms with E-state index in [1.165, 1.54) is 6.20 Å². The summed E-state index contributed by atoms with van der Waals surface area (Å²) in [7, 11) is 0. The quantitative estimate of drug-likeness (QED) is 0.174. The zero-order valence-electron chi connectivity index (χ0n) is 21.8. The molecule has 2 aromatic heterocycles. The summed E-state index contributed by atoms with van der Waals surface area (Å²) in [6.07, 6.45) is 6.95. The number of nitrogens with zero attached hydrogens (tertiary/aromatic N) is 7. The molecule has 0 spiro atoms. The van der Waals surface area contributed by atoms with Crippen molar-refractivity contribution in [2.75, 3.05) is 29.9 Å². The number of rotatable bonds is 5. The highest BCUT2D eigenvalue weighted by molar-refractivity contribution is 6.02. The molecule has 10 heteroatoms. The minimum atomic E-state index is -0.308. The maximum atomic E-state index is 12.6. The number of amides is 1. The van der Waals surface area contributed by atoms with Crippen molar-refractivity contribution in [1.29, 1.82) is 5.26 Å². The summed E-state index contributed by atoms with van der Waals surface area (Å²) in [6.45, 7) is 6.23. The molecule has 0 aliphatic carbocycles. The second-order valence-corrected chi connectivity index (χ2v) is 9.55. The van der Waals surface area contributed by atoms with Gasteiger partial charge in [-0.05, 0) is 42.3 Å². The van der Waals surface area contributed by atoms with Crippen molar-refractivity contribution in [1.82, 2.24) is 25.2 Å². The molecule has 4 aromatic rings. The number of aromatic nitrogens is 3. The van der Waals surface area contributed by atoms with E-state index >= 15 is 0 Å². The SMILES string of the molecule is CC(C)[C@H]1CN(c2cnc(C(=O)Nc3ccccc3)cn2)CCN1C(=Nc1cccc2ncccc12)NC#N. The standard InChI is InChI=1S/C29H29N9O/c1-20(2)26-18-37(27-17-32-25(16-33-27)28(39)35-21-8-4-3-5-9-21)14-15-38(26)29(34-19-30)36-24-12-6-11-23-22(24)10-7-13-31-23/h3-13,16-17,20,26H,14-15,18H2,1-2H3,(H,34,36)(H,35,39)/t26-/m1/s1. The van der Waals surface area contributed by atoms with Gasteiger partial charge in [0.25, 0.3) is 5.91 Å². The number of benzene rings is 2. The molecule has 1 aliphatic rings. The fourth-order valence-corrected chi connectivity index (χ4v) is 4.68. The first-order valence-corrected chi connectivity index (χ1v) is 12.8. The lowest BCUT2D eigenvalue weighted by molar-refractivity contribution is 0.102. The molecule has 1 aliphatic heterocycles. The van der Waals surface area contributed by atoms with Crippen molar-refractivity contribution in [2.45, 2.75) is 19.9 Å². The van der Waals surface area contributed by atoms with Gasteiger partial charge in [0, 0.05) is 36.9 Å². The summed E-state index contributed by atoms with van der Waals surface area (Å²) >= 11 is 0. The van der Waals surface area contributed by atoms with E-state index in [-0.39, 0.29) is 23.6 Å². The summed E-state index contributed by atoms with van der Waals surface area (Å²) in [6, 6.07) is 18.9. The number of piperazine rings is 1. The molecule has 0 bridgehead atoms. The van der Waals surface area contributed by atoms with Gasteiger partial charge in [-0.1, -0.05) is 38.1 Å². The van der Waals surface area contributed by atoms with E-state index in [9.17, 15) is 10.1 Å². The molecule has 5 rings (SSSR count). The summed E-state index contributed by atoms with van der Waals surface area (Å²) in [4.78, 5) is 35.1. The number of guanidine groups is 1. The number of hydrogen-bond acceptors (Lipinski definition) is 7.